The van der Waals surface area contributed by atoms with Crippen LogP contribution in [0.3, 0.4) is 0 Å². The summed E-state index contributed by atoms with van der Waals surface area (Å²) in [5, 5.41) is 3.75. The summed E-state index contributed by atoms with van der Waals surface area (Å²) >= 11 is 0. The summed E-state index contributed by atoms with van der Waals surface area (Å²) in [5.41, 5.74) is -4.46. The van der Waals surface area contributed by atoms with E-state index in [-0.39, 0.29) is 18.2 Å². The van der Waals surface area contributed by atoms with Crippen molar-refractivity contribution >= 4 is 17.9 Å². The number of nitrogens with one attached hydrogen (secondary N) is 2. The number of alkyl halides is 6. The average molecular weight is 386 g/mol. The first-order valence-electron chi connectivity index (χ1n) is 6.78. The normalized spacial score (nSPS) is 12.9. The van der Waals surface area contributed by atoms with Crippen LogP contribution in [0.5, 0.6) is 0 Å². The van der Waals surface area contributed by atoms with Crippen LogP contribution in [0.15, 0.2) is 18.2 Å². The van der Waals surface area contributed by atoms with Gasteiger partial charge in [-0.3, -0.25) is 10.1 Å². The molecular formula is C14H12F6N2O4. The second-order valence-corrected chi connectivity index (χ2v) is 4.91. The standard InChI is InChI=1S/C14H12F6N2O4/c1-6(10(23)22-12(25)21-2)26-11(24)7-3-8(13(15,16)17)5-9(4-7)14(18,19)20/h3-6H,1-2H3,(H2,21,22,23,25)/t6-/m0/s1. The largest absolute Gasteiger partial charge is 0.449 e. The fourth-order valence-electron chi connectivity index (χ4n) is 1.63. The highest BCUT2D eigenvalue weighted by Gasteiger charge is 2.38. The van der Waals surface area contributed by atoms with Crippen molar-refractivity contribution in [3.63, 3.8) is 0 Å². The van der Waals surface area contributed by atoms with Gasteiger partial charge < -0.3 is 10.1 Å². The van der Waals surface area contributed by atoms with E-state index in [1.807, 2.05) is 5.32 Å². The van der Waals surface area contributed by atoms with Crippen LogP contribution >= 0.6 is 0 Å². The minimum Gasteiger partial charge on any atom is -0.449 e. The molecule has 0 spiro atoms. The van der Waals surface area contributed by atoms with Gasteiger partial charge in [0.2, 0.25) is 0 Å². The number of ether oxygens (including phenoxy) is 1. The van der Waals surface area contributed by atoms with Crippen molar-refractivity contribution in [1.82, 2.24) is 10.6 Å². The third kappa shape index (κ3) is 5.63. The predicted octanol–water partition coefficient (Wildman–Crippen LogP) is 2.73. The zero-order valence-electron chi connectivity index (χ0n) is 13.2. The number of imide groups is 1. The highest BCUT2D eigenvalue weighted by Crippen LogP contribution is 2.36. The lowest BCUT2D eigenvalue weighted by Crippen LogP contribution is -2.43. The summed E-state index contributed by atoms with van der Waals surface area (Å²) < 4.78 is 81.0. The Labute approximate surface area is 142 Å². The molecule has 2 N–H and O–H groups in total. The van der Waals surface area contributed by atoms with Crippen molar-refractivity contribution < 1.29 is 45.5 Å². The highest BCUT2D eigenvalue weighted by atomic mass is 19.4. The maximum atomic E-state index is 12.7. The Kier molecular flexibility index (Phi) is 6.23. The lowest BCUT2D eigenvalue weighted by Gasteiger charge is -2.16. The molecule has 1 rings (SSSR count). The number of hydrogen-bond acceptors (Lipinski definition) is 4. The van der Waals surface area contributed by atoms with E-state index in [1.54, 1.807) is 5.32 Å². The van der Waals surface area contributed by atoms with Crippen molar-refractivity contribution in [3.8, 4) is 0 Å². The molecule has 0 heterocycles. The van der Waals surface area contributed by atoms with E-state index in [1.165, 1.54) is 7.05 Å². The Morgan fingerprint density at radius 3 is 1.81 bits per heavy atom. The Hall–Kier alpha value is -2.79. The number of carbonyl (C=O) groups excluding carboxylic acids is 3. The molecule has 1 aromatic rings. The van der Waals surface area contributed by atoms with Gasteiger partial charge in [-0.2, -0.15) is 26.3 Å². The van der Waals surface area contributed by atoms with Crippen LogP contribution in [0.25, 0.3) is 0 Å². The number of hydrogen-bond donors (Lipinski definition) is 2. The Morgan fingerprint density at radius 2 is 1.42 bits per heavy atom. The molecule has 0 bridgehead atoms. The van der Waals surface area contributed by atoms with Crippen LogP contribution in [0.4, 0.5) is 31.1 Å². The lowest BCUT2D eigenvalue weighted by molar-refractivity contribution is -0.143. The van der Waals surface area contributed by atoms with E-state index in [0.29, 0.717) is 0 Å². The van der Waals surface area contributed by atoms with Crippen LogP contribution in [0.2, 0.25) is 0 Å². The van der Waals surface area contributed by atoms with E-state index in [9.17, 15) is 40.7 Å². The molecule has 0 saturated heterocycles. The van der Waals surface area contributed by atoms with Crippen molar-refractivity contribution in [2.24, 2.45) is 0 Å². The maximum Gasteiger partial charge on any atom is 0.416 e. The van der Waals surface area contributed by atoms with Gasteiger partial charge >= 0.3 is 24.4 Å². The molecule has 12 heteroatoms. The summed E-state index contributed by atoms with van der Waals surface area (Å²) in [4.78, 5) is 34.3. The van der Waals surface area contributed by atoms with Crippen molar-refractivity contribution in [3.05, 3.63) is 34.9 Å². The predicted molar refractivity (Wildman–Crippen MR) is 73.9 cm³/mol. The van der Waals surface area contributed by atoms with E-state index in [2.05, 4.69) is 4.74 Å². The fourth-order valence-corrected chi connectivity index (χ4v) is 1.63. The molecule has 0 radical (unpaired) electrons. The van der Waals surface area contributed by atoms with Crippen LogP contribution in [-0.4, -0.2) is 31.1 Å². The molecule has 144 valence electrons. The Balaban J connectivity index is 3.11. The summed E-state index contributed by atoms with van der Waals surface area (Å²) in [7, 11) is 1.18. The molecule has 0 fully saturated rings. The molecule has 0 aliphatic heterocycles. The third-order valence-electron chi connectivity index (χ3n) is 2.94. The van der Waals surface area contributed by atoms with Gasteiger partial charge in [0.05, 0.1) is 16.7 Å². The number of esters is 1. The molecule has 26 heavy (non-hydrogen) atoms. The SMILES string of the molecule is CNC(=O)NC(=O)[C@H](C)OC(=O)c1cc(C(F)(F)F)cc(C(F)(F)F)c1. The molecule has 0 aliphatic carbocycles. The first kappa shape index (κ1) is 21.3. The van der Waals surface area contributed by atoms with E-state index >= 15 is 0 Å². The van der Waals surface area contributed by atoms with Gasteiger partial charge in [0.25, 0.3) is 5.91 Å². The summed E-state index contributed by atoms with van der Waals surface area (Å²) in [6, 6.07) is -0.767. The Morgan fingerprint density at radius 1 is 0.962 bits per heavy atom. The lowest BCUT2D eigenvalue weighted by atomic mass is 10.0. The van der Waals surface area contributed by atoms with Gasteiger partial charge in [0.1, 0.15) is 0 Å². The topological polar surface area (TPSA) is 84.5 Å². The minimum absolute atomic E-state index is 0.154. The van der Waals surface area contributed by atoms with Crippen molar-refractivity contribution in [2.45, 2.75) is 25.4 Å². The zero-order valence-corrected chi connectivity index (χ0v) is 13.2. The van der Waals surface area contributed by atoms with Gasteiger partial charge in [-0.15, -0.1) is 0 Å². The van der Waals surface area contributed by atoms with E-state index in [0.717, 1.165) is 6.92 Å². The minimum atomic E-state index is -5.14. The fraction of sp³-hybridized carbons (Fsp3) is 0.357. The molecule has 1 aromatic carbocycles. The molecule has 1 atom stereocenters. The van der Waals surface area contributed by atoms with Gasteiger partial charge in [-0.1, -0.05) is 0 Å². The smallest absolute Gasteiger partial charge is 0.416 e. The van der Waals surface area contributed by atoms with Crippen molar-refractivity contribution in [2.75, 3.05) is 7.05 Å². The molecule has 0 saturated carbocycles. The molecule has 6 nitrogen and oxygen atoms in total. The highest BCUT2D eigenvalue weighted by molar-refractivity contribution is 5.98. The first-order chi connectivity index (χ1) is 11.8. The number of amides is 3. The summed E-state index contributed by atoms with van der Waals surface area (Å²) in [6.45, 7) is 0.981. The molecular weight excluding hydrogens is 374 g/mol. The van der Waals surface area contributed by atoms with Gasteiger partial charge in [0.15, 0.2) is 6.10 Å². The number of carbonyl (C=O) groups is 3. The quantitative estimate of drug-likeness (QED) is 0.618. The summed E-state index contributed by atoms with van der Waals surface area (Å²) in [5.74, 6) is -2.72. The maximum absolute atomic E-state index is 12.7. The van der Waals surface area contributed by atoms with Crippen LogP contribution in [0, 0.1) is 0 Å². The zero-order chi connectivity index (χ0) is 20.3. The summed E-state index contributed by atoms with van der Waals surface area (Å²) in [6.07, 6.45) is -11.9. The molecule has 0 unspecified atom stereocenters. The van der Waals surface area contributed by atoms with Gasteiger partial charge in [0, 0.05) is 7.05 Å². The first-order valence-corrected chi connectivity index (χ1v) is 6.78. The monoisotopic (exact) mass is 386 g/mol. The van der Waals surface area contributed by atoms with Gasteiger partial charge in [-0.05, 0) is 25.1 Å². The molecule has 3 amide bonds. The van der Waals surface area contributed by atoms with Crippen LogP contribution < -0.4 is 10.6 Å². The van der Waals surface area contributed by atoms with E-state index in [4.69, 9.17) is 0 Å². The second-order valence-electron chi connectivity index (χ2n) is 4.91. The number of benzene rings is 1. The average Bonchev–Trinajstić information content (AvgIpc) is 2.52. The van der Waals surface area contributed by atoms with Crippen molar-refractivity contribution in [1.29, 1.82) is 0 Å². The van der Waals surface area contributed by atoms with Gasteiger partial charge in [-0.25, -0.2) is 9.59 Å². The number of rotatable bonds is 3. The molecule has 0 aromatic heterocycles. The second kappa shape index (κ2) is 7.62. The van der Waals surface area contributed by atoms with Crippen LogP contribution in [-0.2, 0) is 21.9 Å². The Bertz CT molecular complexity index is 682. The van der Waals surface area contributed by atoms with E-state index < -0.39 is 53.1 Å². The number of halogens is 6. The van der Waals surface area contributed by atoms with Crippen LogP contribution in [0.1, 0.15) is 28.4 Å². The third-order valence-corrected chi connectivity index (χ3v) is 2.94. The molecule has 0 aliphatic rings. The number of urea groups is 1.